The maximum atomic E-state index is 12.8. The van der Waals surface area contributed by atoms with E-state index in [1.165, 1.54) is 12.8 Å². The van der Waals surface area contributed by atoms with Gasteiger partial charge in [-0.15, -0.1) is 0 Å². The molecule has 0 unspecified atom stereocenters. The van der Waals surface area contributed by atoms with Gasteiger partial charge in [-0.05, 0) is 51.4 Å². The molecule has 2 aromatic rings. The minimum atomic E-state index is -0.112. The molecule has 8 nitrogen and oxygen atoms in total. The van der Waals surface area contributed by atoms with Gasteiger partial charge in [-0.1, -0.05) is 0 Å². The molecular weight excluding hydrogens is 380 g/mol. The molecule has 1 aliphatic heterocycles. The van der Waals surface area contributed by atoms with E-state index in [2.05, 4.69) is 25.6 Å². The highest BCUT2D eigenvalue weighted by atomic mass is 16.2. The minimum absolute atomic E-state index is 0.112. The second kappa shape index (κ2) is 7.98. The van der Waals surface area contributed by atoms with Crippen LogP contribution in [0.2, 0.25) is 0 Å². The van der Waals surface area contributed by atoms with Gasteiger partial charge in [0.2, 0.25) is 5.91 Å². The van der Waals surface area contributed by atoms with Crippen LogP contribution in [-0.4, -0.2) is 62.5 Å². The zero-order chi connectivity index (χ0) is 20.7. The first-order chi connectivity index (χ1) is 14.6. The number of carbonyl (C=O) groups is 2. The van der Waals surface area contributed by atoms with Crippen molar-refractivity contribution in [3.63, 3.8) is 0 Å². The normalized spacial score (nSPS) is 24.3. The molecule has 3 heterocycles. The lowest BCUT2D eigenvalue weighted by atomic mass is 10.1. The van der Waals surface area contributed by atoms with Crippen molar-refractivity contribution in [3.8, 4) is 0 Å². The third-order valence-electron chi connectivity index (χ3n) is 6.70. The number of aromatic nitrogens is 3. The van der Waals surface area contributed by atoms with E-state index in [-0.39, 0.29) is 23.9 Å². The quantitative estimate of drug-likeness (QED) is 0.691. The summed E-state index contributed by atoms with van der Waals surface area (Å²) in [7, 11) is 0. The van der Waals surface area contributed by atoms with Crippen LogP contribution in [0, 0.1) is 12.8 Å². The Hall–Kier alpha value is -2.48. The Morgan fingerprint density at radius 1 is 1.13 bits per heavy atom. The van der Waals surface area contributed by atoms with Crippen LogP contribution in [0.1, 0.15) is 61.0 Å². The zero-order valence-electron chi connectivity index (χ0n) is 17.5. The smallest absolute Gasteiger partial charge is 0.254 e. The molecule has 30 heavy (non-hydrogen) atoms. The standard InChI is InChI=1S/C22H30N6O2/c1-14-19(12-23-20-8-9-25-28(14)20)22(30)24-11-18-7-6-17(27(18)13-15-2-3-15)10-21(29)26-16-4-5-16/h8-9,12,15-18H,2-7,10-11,13H2,1H3,(H,24,30)(H,26,29)/t17-,18+/m1/s1. The Balaban J connectivity index is 1.21. The zero-order valence-corrected chi connectivity index (χ0v) is 17.5. The molecule has 160 valence electrons. The summed E-state index contributed by atoms with van der Waals surface area (Å²) in [6, 6.07) is 2.81. The van der Waals surface area contributed by atoms with Gasteiger partial charge < -0.3 is 10.6 Å². The number of nitrogens with one attached hydrogen (secondary N) is 2. The van der Waals surface area contributed by atoms with Gasteiger partial charge in [0.1, 0.15) is 0 Å². The lowest BCUT2D eigenvalue weighted by molar-refractivity contribution is -0.122. The third-order valence-corrected chi connectivity index (χ3v) is 6.70. The maximum Gasteiger partial charge on any atom is 0.254 e. The molecule has 8 heteroatoms. The van der Waals surface area contributed by atoms with Crippen molar-refractivity contribution in [2.45, 2.75) is 70.0 Å². The van der Waals surface area contributed by atoms with Gasteiger partial charge in [0, 0.05) is 49.9 Å². The third kappa shape index (κ3) is 4.19. The molecule has 2 amide bonds. The molecule has 0 radical (unpaired) electrons. The van der Waals surface area contributed by atoms with Gasteiger partial charge in [-0.3, -0.25) is 14.5 Å². The number of amides is 2. The van der Waals surface area contributed by atoms with Gasteiger partial charge in [0.05, 0.1) is 17.5 Å². The summed E-state index contributed by atoms with van der Waals surface area (Å²) < 4.78 is 1.69. The molecule has 2 aliphatic carbocycles. The predicted octanol–water partition coefficient (Wildman–Crippen LogP) is 1.68. The van der Waals surface area contributed by atoms with Crippen LogP contribution >= 0.6 is 0 Å². The molecule has 0 bridgehead atoms. The molecule has 0 aromatic carbocycles. The highest BCUT2D eigenvalue weighted by Gasteiger charge is 2.38. The summed E-state index contributed by atoms with van der Waals surface area (Å²) in [5.41, 5.74) is 2.08. The molecule has 2 saturated carbocycles. The Morgan fingerprint density at radius 2 is 1.93 bits per heavy atom. The van der Waals surface area contributed by atoms with Crippen molar-refractivity contribution in [1.29, 1.82) is 0 Å². The van der Waals surface area contributed by atoms with E-state index in [1.807, 2.05) is 13.0 Å². The second-order valence-electron chi connectivity index (χ2n) is 9.14. The van der Waals surface area contributed by atoms with Gasteiger partial charge in [-0.25, -0.2) is 9.50 Å². The number of fused-ring (bicyclic) bond motifs is 1. The van der Waals surface area contributed by atoms with E-state index in [9.17, 15) is 9.59 Å². The van der Waals surface area contributed by atoms with E-state index in [1.54, 1.807) is 16.9 Å². The summed E-state index contributed by atoms with van der Waals surface area (Å²) in [5, 5.41) is 10.5. The summed E-state index contributed by atoms with van der Waals surface area (Å²) >= 11 is 0. The van der Waals surface area contributed by atoms with Crippen LogP contribution in [0.5, 0.6) is 0 Å². The number of likely N-dealkylation sites (tertiary alicyclic amines) is 1. The van der Waals surface area contributed by atoms with Crippen LogP contribution in [0.15, 0.2) is 18.5 Å². The van der Waals surface area contributed by atoms with Crippen LogP contribution in [0.25, 0.3) is 5.65 Å². The van der Waals surface area contributed by atoms with Gasteiger partial charge in [0.15, 0.2) is 5.65 Å². The first-order valence-corrected chi connectivity index (χ1v) is 11.2. The van der Waals surface area contributed by atoms with Crippen LogP contribution in [0.3, 0.4) is 0 Å². The Labute approximate surface area is 176 Å². The lowest BCUT2D eigenvalue weighted by Crippen LogP contribution is -2.45. The van der Waals surface area contributed by atoms with E-state index in [4.69, 9.17) is 0 Å². The maximum absolute atomic E-state index is 12.8. The summed E-state index contributed by atoms with van der Waals surface area (Å²) in [5.74, 6) is 0.824. The molecule has 3 fully saturated rings. The molecule has 2 aromatic heterocycles. The van der Waals surface area contributed by atoms with Crippen LogP contribution < -0.4 is 10.6 Å². The number of nitrogens with zero attached hydrogens (tertiary/aromatic N) is 4. The van der Waals surface area contributed by atoms with Crippen molar-refractivity contribution in [2.24, 2.45) is 5.92 Å². The van der Waals surface area contributed by atoms with Crippen molar-refractivity contribution in [1.82, 2.24) is 30.1 Å². The highest BCUT2D eigenvalue weighted by molar-refractivity contribution is 5.95. The topological polar surface area (TPSA) is 91.6 Å². The fourth-order valence-electron chi connectivity index (χ4n) is 4.60. The van der Waals surface area contributed by atoms with Gasteiger partial charge in [-0.2, -0.15) is 5.10 Å². The number of aryl methyl sites for hydroxylation is 1. The fraction of sp³-hybridized carbons (Fsp3) is 0.636. The van der Waals surface area contributed by atoms with E-state index < -0.39 is 0 Å². The van der Waals surface area contributed by atoms with Crippen LogP contribution in [0.4, 0.5) is 0 Å². The van der Waals surface area contributed by atoms with Crippen molar-refractivity contribution in [2.75, 3.05) is 13.1 Å². The molecular formula is C22H30N6O2. The monoisotopic (exact) mass is 410 g/mol. The molecule has 2 atom stereocenters. The van der Waals surface area contributed by atoms with Gasteiger partial charge >= 0.3 is 0 Å². The number of hydrogen-bond donors (Lipinski definition) is 2. The van der Waals surface area contributed by atoms with Crippen molar-refractivity contribution < 1.29 is 9.59 Å². The average molecular weight is 411 g/mol. The largest absolute Gasteiger partial charge is 0.353 e. The minimum Gasteiger partial charge on any atom is -0.353 e. The summed E-state index contributed by atoms with van der Waals surface area (Å²) in [6.45, 7) is 3.53. The Morgan fingerprint density at radius 3 is 2.70 bits per heavy atom. The fourth-order valence-corrected chi connectivity index (χ4v) is 4.60. The molecule has 3 aliphatic rings. The van der Waals surface area contributed by atoms with E-state index in [0.717, 1.165) is 49.5 Å². The molecule has 1 saturated heterocycles. The Kier molecular flexibility index (Phi) is 5.18. The lowest BCUT2D eigenvalue weighted by Gasteiger charge is -2.30. The van der Waals surface area contributed by atoms with E-state index in [0.29, 0.717) is 24.6 Å². The SMILES string of the molecule is Cc1c(C(=O)NC[C@@H]2CC[C@H](CC(=O)NC3CC3)N2CC2CC2)cnc2ccnn12. The number of carbonyl (C=O) groups excluding carboxylic acids is 2. The average Bonchev–Trinajstić information content (AvgIpc) is 3.63. The molecule has 5 rings (SSSR count). The van der Waals surface area contributed by atoms with Crippen molar-refractivity contribution in [3.05, 3.63) is 29.7 Å². The Bertz CT molecular complexity index is 948. The second-order valence-corrected chi connectivity index (χ2v) is 9.14. The first kappa shape index (κ1) is 19.5. The number of rotatable bonds is 8. The summed E-state index contributed by atoms with van der Waals surface area (Å²) in [6.07, 6.45) is 10.7. The van der Waals surface area contributed by atoms with Gasteiger partial charge in [0.25, 0.3) is 5.91 Å². The van der Waals surface area contributed by atoms with Crippen molar-refractivity contribution >= 4 is 17.5 Å². The first-order valence-electron chi connectivity index (χ1n) is 11.2. The molecule has 0 spiro atoms. The number of hydrogen-bond acceptors (Lipinski definition) is 5. The predicted molar refractivity (Wildman–Crippen MR) is 112 cm³/mol. The van der Waals surface area contributed by atoms with E-state index >= 15 is 0 Å². The molecule has 2 N–H and O–H groups in total. The van der Waals surface area contributed by atoms with Crippen LogP contribution in [-0.2, 0) is 4.79 Å². The summed E-state index contributed by atoms with van der Waals surface area (Å²) in [4.78, 5) is 32.0. The highest BCUT2D eigenvalue weighted by Crippen LogP contribution is 2.35.